The maximum atomic E-state index is 12.2. The van der Waals surface area contributed by atoms with E-state index < -0.39 is 11.6 Å². The lowest BCUT2D eigenvalue weighted by molar-refractivity contribution is -0.153. The van der Waals surface area contributed by atoms with Crippen LogP contribution >= 0.6 is 0 Å². The number of rotatable bonds is 6. The molecule has 0 aliphatic rings. The first-order valence-corrected chi connectivity index (χ1v) is 10.7. The van der Waals surface area contributed by atoms with E-state index >= 15 is 0 Å². The number of esters is 2. The van der Waals surface area contributed by atoms with E-state index in [1.807, 2.05) is 71.9 Å². The molecular formula is C26H32O6. The van der Waals surface area contributed by atoms with Gasteiger partial charge in [-0.25, -0.2) is 4.79 Å². The smallest absolute Gasteiger partial charge is 0.337 e. The van der Waals surface area contributed by atoms with Crippen molar-refractivity contribution in [3.05, 3.63) is 64.9 Å². The Morgan fingerprint density at radius 2 is 1.72 bits per heavy atom. The summed E-state index contributed by atoms with van der Waals surface area (Å²) in [5.74, 6) is 0.501. The van der Waals surface area contributed by atoms with Crippen molar-refractivity contribution in [1.29, 1.82) is 0 Å². The van der Waals surface area contributed by atoms with Gasteiger partial charge in [-0.05, 0) is 57.5 Å². The standard InChI is InChI=1S/C24H26O6.C2H6/c1-15-10-18(23(26)27-5)11-17-12-19(29-22(15)17)14-28-20-9-7-6-8-16(20)13-21(25)30-24(2,3)4;1-2/h6-12H,13-14H2,1-5H3;1-2H3. The molecule has 0 saturated carbocycles. The molecule has 0 amide bonds. The van der Waals surface area contributed by atoms with E-state index in [0.29, 0.717) is 22.7 Å². The van der Waals surface area contributed by atoms with Crippen LogP contribution in [-0.2, 0) is 27.3 Å². The minimum atomic E-state index is -0.540. The highest BCUT2D eigenvalue weighted by atomic mass is 16.6. The van der Waals surface area contributed by atoms with Crippen molar-refractivity contribution in [2.75, 3.05) is 7.11 Å². The van der Waals surface area contributed by atoms with Crippen molar-refractivity contribution < 1.29 is 28.2 Å². The summed E-state index contributed by atoms with van der Waals surface area (Å²) in [6.07, 6.45) is 0.120. The highest BCUT2D eigenvalue weighted by molar-refractivity contribution is 5.95. The largest absolute Gasteiger partial charge is 0.485 e. The monoisotopic (exact) mass is 440 g/mol. The van der Waals surface area contributed by atoms with E-state index in [0.717, 1.165) is 16.5 Å². The van der Waals surface area contributed by atoms with Gasteiger partial charge in [0, 0.05) is 10.9 Å². The number of methoxy groups -OCH3 is 1. The van der Waals surface area contributed by atoms with Gasteiger partial charge in [0.2, 0.25) is 0 Å². The van der Waals surface area contributed by atoms with Crippen LogP contribution in [0.5, 0.6) is 5.75 Å². The average molecular weight is 441 g/mol. The fourth-order valence-electron chi connectivity index (χ4n) is 3.16. The molecule has 0 radical (unpaired) electrons. The average Bonchev–Trinajstić information content (AvgIpc) is 3.16. The van der Waals surface area contributed by atoms with Crippen LogP contribution < -0.4 is 4.74 Å². The molecule has 0 aliphatic heterocycles. The summed E-state index contributed by atoms with van der Waals surface area (Å²) in [5, 5.41) is 0.802. The molecule has 1 heterocycles. The fraction of sp³-hybridized carbons (Fsp3) is 0.385. The van der Waals surface area contributed by atoms with Crippen LogP contribution in [0.25, 0.3) is 11.0 Å². The topological polar surface area (TPSA) is 75.0 Å². The van der Waals surface area contributed by atoms with Crippen molar-refractivity contribution in [3.8, 4) is 5.75 Å². The van der Waals surface area contributed by atoms with E-state index in [2.05, 4.69) is 0 Å². The van der Waals surface area contributed by atoms with Gasteiger partial charge in [0.05, 0.1) is 19.1 Å². The molecule has 2 aromatic carbocycles. The molecule has 0 saturated heterocycles. The second-order valence-electron chi connectivity index (χ2n) is 8.08. The first kappa shape index (κ1) is 25.0. The minimum Gasteiger partial charge on any atom is -0.485 e. The maximum Gasteiger partial charge on any atom is 0.337 e. The molecule has 3 aromatic rings. The Balaban J connectivity index is 0.00000176. The Kier molecular flexibility index (Phi) is 8.47. The quantitative estimate of drug-likeness (QED) is 0.437. The van der Waals surface area contributed by atoms with Gasteiger partial charge >= 0.3 is 11.9 Å². The Hall–Kier alpha value is -3.28. The molecule has 6 heteroatoms. The third kappa shape index (κ3) is 6.61. The number of ether oxygens (including phenoxy) is 3. The number of hydrogen-bond acceptors (Lipinski definition) is 6. The third-order valence-electron chi connectivity index (χ3n) is 4.37. The Morgan fingerprint density at radius 3 is 2.38 bits per heavy atom. The zero-order valence-electron chi connectivity index (χ0n) is 19.9. The summed E-state index contributed by atoms with van der Waals surface area (Å²) < 4.78 is 22.0. The van der Waals surface area contributed by atoms with Gasteiger partial charge < -0.3 is 18.6 Å². The Bertz CT molecular complexity index is 1070. The molecule has 1 aromatic heterocycles. The highest BCUT2D eigenvalue weighted by Gasteiger charge is 2.18. The van der Waals surface area contributed by atoms with Crippen LogP contribution in [0, 0.1) is 6.92 Å². The molecule has 32 heavy (non-hydrogen) atoms. The summed E-state index contributed by atoms with van der Waals surface area (Å²) in [5.41, 5.74) is 2.21. The molecule has 0 atom stereocenters. The first-order valence-electron chi connectivity index (χ1n) is 10.7. The number of furan rings is 1. The number of para-hydroxylation sites is 1. The zero-order valence-corrected chi connectivity index (χ0v) is 19.9. The third-order valence-corrected chi connectivity index (χ3v) is 4.37. The van der Waals surface area contributed by atoms with Gasteiger partial charge in [-0.15, -0.1) is 0 Å². The molecule has 0 N–H and O–H groups in total. The van der Waals surface area contributed by atoms with Crippen LogP contribution in [0.4, 0.5) is 0 Å². The van der Waals surface area contributed by atoms with E-state index in [4.69, 9.17) is 18.6 Å². The molecular weight excluding hydrogens is 408 g/mol. The van der Waals surface area contributed by atoms with Crippen LogP contribution in [0.15, 0.2) is 46.9 Å². The first-order chi connectivity index (χ1) is 15.2. The molecule has 0 fully saturated rings. The number of hydrogen-bond donors (Lipinski definition) is 0. The van der Waals surface area contributed by atoms with Gasteiger partial charge in [0.25, 0.3) is 0 Å². The second kappa shape index (κ2) is 10.8. The molecule has 0 spiro atoms. The predicted molar refractivity (Wildman–Crippen MR) is 124 cm³/mol. The number of carbonyl (C=O) groups is 2. The molecule has 172 valence electrons. The van der Waals surface area contributed by atoms with Gasteiger partial charge in [-0.2, -0.15) is 0 Å². The zero-order chi connectivity index (χ0) is 23.9. The van der Waals surface area contributed by atoms with Crippen molar-refractivity contribution in [2.45, 2.75) is 60.2 Å². The summed E-state index contributed by atoms with van der Waals surface area (Å²) in [4.78, 5) is 24.0. The summed E-state index contributed by atoms with van der Waals surface area (Å²) >= 11 is 0. The van der Waals surface area contributed by atoms with E-state index in [-0.39, 0.29) is 19.0 Å². The summed E-state index contributed by atoms with van der Waals surface area (Å²) in [6.45, 7) is 11.6. The lowest BCUT2D eigenvalue weighted by Crippen LogP contribution is -2.25. The molecule has 6 nitrogen and oxygen atoms in total. The van der Waals surface area contributed by atoms with Crippen molar-refractivity contribution in [2.24, 2.45) is 0 Å². The lowest BCUT2D eigenvalue weighted by Gasteiger charge is -2.20. The van der Waals surface area contributed by atoms with E-state index in [1.165, 1.54) is 7.11 Å². The maximum absolute atomic E-state index is 12.2. The number of carbonyl (C=O) groups excluding carboxylic acids is 2. The highest BCUT2D eigenvalue weighted by Crippen LogP contribution is 2.27. The molecule has 3 rings (SSSR count). The van der Waals surface area contributed by atoms with Gasteiger partial charge in [0.15, 0.2) is 0 Å². The molecule has 0 bridgehead atoms. The number of fused-ring (bicyclic) bond motifs is 1. The van der Waals surface area contributed by atoms with Gasteiger partial charge in [-0.1, -0.05) is 32.0 Å². The van der Waals surface area contributed by atoms with Crippen molar-refractivity contribution in [3.63, 3.8) is 0 Å². The number of benzene rings is 2. The normalized spacial score (nSPS) is 10.8. The predicted octanol–water partition coefficient (Wildman–Crippen LogP) is 6.02. The van der Waals surface area contributed by atoms with E-state index in [1.54, 1.807) is 12.1 Å². The SMILES string of the molecule is CC.COC(=O)c1cc(C)c2oc(COc3ccccc3CC(=O)OC(C)(C)C)cc2c1. The summed E-state index contributed by atoms with van der Waals surface area (Å²) in [6, 6.07) is 12.7. The van der Waals surface area contributed by atoms with Crippen LogP contribution in [0.3, 0.4) is 0 Å². The van der Waals surface area contributed by atoms with Gasteiger partial charge in [0.1, 0.15) is 29.3 Å². The van der Waals surface area contributed by atoms with Crippen LogP contribution in [-0.4, -0.2) is 24.6 Å². The minimum absolute atomic E-state index is 0.120. The van der Waals surface area contributed by atoms with Crippen LogP contribution in [0.2, 0.25) is 0 Å². The van der Waals surface area contributed by atoms with Crippen molar-refractivity contribution >= 4 is 22.9 Å². The van der Waals surface area contributed by atoms with Gasteiger partial charge in [-0.3, -0.25) is 4.79 Å². The lowest BCUT2D eigenvalue weighted by atomic mass is 10.1. The molecule has 0 aliphatic carbocycles. The molecule has 0 unspecified atom stereocenters. The summed E-state index contributed by atoms with van der Waals surface area (Å²) in [7, 11) is 1.35. The Morgan fingerprint density at radius 1 is 1.03 bits per heavy atom. The number of aryl methyl sites for hydroxylation is 1. The van der Waals surface area contributed by atoms with Crippen LogP contribution in [0.1, 0.15) is 61.9 Å². The van der Waals surface area contributed by atoms with Crippen molar-refractivity contribution in [1.82, 2.24) is 0 Å². The second-order valence-corrected chi connectivity index (χ2v) is 8.08. The fourth-order valence-corrected chi connectivity index (χ4v) is 3.16. The Labute approximate surface area is 189 Å². The van der Waals surface area contributed by atoms with E-state index in [9.17, 15) is 9.59 Å².